The van der Waals surface area contributed by atoms with Gasteiger partial charge in [0.2, 0.25) is 0 Å². The second-order valence-electron chi connectivity index (χ2n) is 10.2. The van der Waals surface area contributed by atoms with E-state index in [4.69, 9.17) is 24.6 Å². The van der Waals surface area contributed by atoms with Crippen molar-refractivity contribution in [3.05, 3.63) is 30.1 Å². The van der Waals surface area contributed by atoms with Gasteiger partial charge in [-0.05, 0) is 50.3 Å². The molecule has 0 radical (unpaired) electrons. The van der Waals surface area contributed by atoms with Gasteiger partial charge in [0.1, 0.15) is 11.4 Å². The van der Waals surface area contributed by atoms with Crippen molar-refractivity contribution in [2.45, 2.75) is 62.3 Å². The van der Waals surface area contributed by atoms with Gasteiger partial charge in [-0.15, -0.1) is 0 Å². The number of hydrogen-bond donors (Lipinski definition) is 2. The standard InChI is InChI=1S/C20H25FN4O2.2C2HF3O2/c21-20(15-5-6-15)13-25(14-20)18(26)17-10-19(27-23-17)7-3-9-24(12-19)11-16-4-1-2-8-22-16;2*3-2(4,5)1(6)7/h1-2,4,8,15H,3,5-7,9-14H2;2*(H,6,7). The van der Waals surface area contributed by atoms with Crippen molar-refractivity contribution >= 4 is 23.6 Å². The monoisotopic (exact) mass is 600 g/mol. The zero-order valence-corrected chi connectivity index (χ0v) is 21.4. The highest BCUT2D eigenvalue weighted by Gasteiger charge is 2.56. The fraction of sp³-hybridized carbons (Fsp3) is 0.625. The number of carbonyl (C=O) groups excluding carboxylic acids is 1. The van der Waals surface area contributed by atoms with E-state index in [0.29, 0.717) is 12.1 Å². The SMILES string of the molecule is O=C(C1=NOC2(CCCN(Cc3ccccn3)C2)C1)N1CC(F)(C2CC2)C1.O=C(O)C(F)(F)F.O=C(O)C(F)(F)F. The Morgan fingerprint density at radius 2 is 1.59 bits per heavy atom. The number of carboxylic acid groups (broad SMARTS) is 2. The highest BCUT2D eigenvalue weighted by molar-refractivity contribution is 6.39. The summed E-state index contributed by atoms with van der Waals surface area (Å²) < 4.78 is 78.0. The number of oxime groups is 1. The maximum atomic E-state index is 14.5. The summed E-state index contributed by atoms with van der Waals surface area (Å²) in [5.74, 6) is -5.50. The highest BCUT2D eigenvalue weighted by Crippen LogP contribution is 2.47. The number of amides is 1. The van der Waals surface area contributed by atoms with E-state index in [9.17, 15) is 35.5 Å². The third-order valence-electron chi connectivity index (χ3n) is 6.80. The smallest absolute Gasteiger partial charge is 0.475 e. The van der Waals surface area contributed by atoms with Crippen LogP contribution in [-0.2, 0) is 25.8 Å². The number of pyridine rings is 1. The Bertz CT molecular complexity index is 1110. The number of aromatic nitrogens is 1. The highest BCUT2D eigenvalue weighted by atomic mass is 19.4. The molecule has 1 atom stereocenters. The van der Waals surface area contributed by atoms with E-state index in [1.165, 1.54) is 0 Å². The van der Waals surface area contributed by atoms with Crippen LogP contribution >= 0.6 is 0 Å². The number of carbonyl (C=O) groups is 3. The van der Waals surface area contributed by atoms with Crippen molar-refractivity contribution < 1.29 is 60.2 Å². The molecule has 1 saturated carbocycles. The van der Waals surface area contributed by atoms with Gasteiger partial charge in [0.25, 0.3) is 5.91 Å². The minimum atomic E-state index is -5.08. The molecular formula is C24H27F7N4O6. The lowest BCUT2D eigenvalue weighted by Gasteiger charge is -2.44. The average molecular weight is 600 g/mol. The Morgan fingerprint density at radius 3 is 2.07 bits per heavy atom. The van der Waals surface area contributed by atoms with Crippen LogP contribution in [0.15, 0.2) is 29.6 Å². The molecule has 1 aromatic rings. The zero-order chi connectivity index (χ0) is 30.6. The molecule has 0 bridgehead atoms. The predicted molar refractivity (Wildman–Crippen MR) is 125 cm³/mol. The van der Waals surface area contributed by atoms with E-state index in [0.717, 1.165) is 51.0 Å². The molecule has 3 aliphatic heterocycles. The molecule has 3 fully saturated rings. The maximum absolute atomic E-state index is 14.5. The van der Waals surface area contributed by atoms with Gasteiger partial charge in [0.15, 0.2) is 5.60 Å². The number of piperidine rings is 1. The van der Waals surface area contributed by atoms with Crippen molar-refractivity contribution in [2.75, 3.05) is 26.2 Å². The number of carboxylic acids is 2. The van der Waals surface area contributed by atoms with Crippen LogP contribution in [0.25, 0.3) is 0 Å². The summed E-state index contributed by atoms with van der Waals surface area (Å²) in [4.78, 5) is 44.6. The predicted octanol–water partition coefficient (Wildman–Crippen LogP) is 3.42. The number of hydrogen-bond acceptors (Lipinski definition) is 7. The minimum Gasteiger partial charge on any atom is -0.475 e. The third kappa shape index (κ3) is 8.74. The van der Waals surface area contributed by atoms with Crippen LogP contribution in [0.4, 0.5) is 30.7 Å². The van der Waals surface area contributed by atoms with Gasteiger partial charge in [0.05, 0.1) is 18.8 Å². The molecule has 1 aliphatic carbocycles. The van der Waals surface area contributed by atoms with Gasteiger partial charge in [-0.25, -0.2) is 14.0 Å². The summed E-state index contributed by atoms with van der Waals surface area (Å²) in [6.07, 6.45) is -4.04. The summed E-state index contributed by atoms with van der Waals surface area (Å²) in [6, 6.07) is 5.93. The Balaban J connectivity index is 0.000000276. The van der Waals surface area contributed by atoms with Gasteiger partial charge < -0.3 is 20.0 Å². The Hall–Kier alpha value is -3.50. The van der Waals surface area contributed by atoms with E-state index in [1.807, 2.05) is 18.2 Å². The van der Waals surface area contributed by atoms with E-state index in [-0.39, 0.29) is 24.9 Å². The number of nitrogens with zero attached hydrogens (tertiary/aromatic N) is 4. The normalized spacial score (nSPS) is 23.6. The molecule has 10 nitrogen and oxygen atoms in total. The topological polar surface area (TPSA) is 133 Å². The summed E-state index contributed by atoms with van der Waals surface area (Å²) in [7, 11) is 0. The largest absolute Gasteiger partial charge is 0.490 e. The third-order valence-corrected chi connectivity index (χ3v) is 6.80. The fourth-order valence-corrected chi connectivity index (χ4v) is 4.67. The molecule has 2 saturated heterocycles. The molecule has 41 heavy (non-hydrogen) atoms. The quantitative estimate of drug-likeness (QED) is 0.503. The van der Waals surface area contributed by atoms with Crippen molar-refractivity contribution in [1.82, 2.24) is 14.8 Å². The van der Waals surface area contributed by atoms with Crippen molar-refractivity contribution in [3.8, 4) is 0 Å². The first-order chi connectivity index (χ1) is 18.9. The maximum Gasteiger partial charge on any atom is 0.490 e. The number of rotatable bonds is 4. The lowest BCUT2D eigenvalue weighted by Crippen LogP contribution is -2.63. The first kappa shape index (κ1) is 32.0. The fourth-order valence-electron chi connectivity index (χ4n) is 4.67. The van der Waals surface area contributed by atoms with Crippen LogP contribution in [0.2, 0.25) is 0 Å². The van der Waals surface area contributed by atoms with Crippen LogP contribution in [0.3, 0.4) is 0 Å². The summed E-state index contributed by atoms with van der Waals surface area (Å²) in [5, 5.41) is 18.4. The Labute approximate surface area is 228 Å². The first-order valence-corrected chi connectivity index (χ1v) is 12.4. The van der Waals surface area contributed by atoms with Crippen molar-refractivity contribution in [1.29, 1.82) is 0 Å². The van der Waals surface area contributed by atoms with E-state index < -0.39 is 35.6 Å². The molecule has 4 aliphatic rings. The van der Waals surface area contributed by atoms with E-state index >= 15 is 0 Å². The van der Waals surface area contributed by atoms with Crippen LogP contribution in [0.5, 0.6) is 0 Å². The molecule has 17 heteroatoms. The lowest BCUT2D eigenvalue weighted by molar-refractivity contribution is -0.193. The van der Waals surface area contributed by atoms with Gasteiger partial charge in [-0.3, -0.25) is 14.7 Å². The van der Waals surface area contributed by atoms with Crippen LogP contribution in [0.1, 0.15) is 37.8 Å². The number of aliphatic carboxylic acids is 2. The van der Waals surface area contributed by atoms with E-state index in [1.54, 1.807) is 11.1 Å². The average Bonchev–Trinajstić information content (AvgIpc) is 3.64. The molecule has 1 aromatic heterocycles. The molecule has 228 valence electrons. The minimum absolute atomic E-state index is 0.150. The molecular weight excluding hydrogens is 573 g/mol. The molecule has 4 heterocycles. The zero-order valence-electron chi connectivity index (χ0n) is 21.4. The van der Waals surface area contributed by atoms with Gasteiger partial charge >= 0.3 is 24.3 Å². The van der Waals surface area contributed by atoms with Crippen molar-refractivity contribution in [2.24, 2.45) is 11.1 Å². The van der Waals surface area contributed by atoms with Crippen LogP contribution < -0.4 is 0 Å². The molecule has 1 spiro atoms. The molecule has 5 rings (SSSR count). The summed E-state index contributed by atoms with van der Waals surface area (Å²) >= 11 is 0. The molecule has 0 aromatic carbocycles. The second kappa shape index (κ2) is 12.2. The molecule has 1 amide bonds. The first-order valence-electron chi connectivity index (χ1n) is 12.4. The van der Waals surface area contributed by atoms with Gasteiger partial charge in [0, 0.05) is 25.7 Å². The number of likely N-dealkylation sites (tertiary alicyclic amines) is 2. The van der Waals surface area contributed by atoms with Crippen molar-refractivity contribution in [3.63, 3.8) is 0 Å². The molecule has 2 N–H and O–H groups in total. The van der Waals surface area contributed by atoms with E-state index in [2.05, 4.69) is 15.0 Å². The second-order valence-corrected chi connectivity index (χ2v) is 10.2. The lowest BCUT2D eigenvalue weighted by atomic mass is 9.86. The summed E-state index contributed by atoms with van der Waals surface area (Å²) in [5.41, 5.74) is -0.0959. The van der Waals surface area contributed by atoms with Gasteiger partial charge in [-0.2, -0.15) is 26.3 Å². The number of halogens is 7. The van der Waals surface area contributed by atoms with Gasteiger partial charge in [-0.1, -0.05) is 11.2 Å². The summed E-state index contributed by atoms with van der Waals surface area (Å²) in [6.45, 7) is 2.93. The number of alkyl halides is 7. The Kier molecular flexibility index (Phi) is 9.50. The van der Waals surface area contributed by atoms with Crippen LogP contribution in [-0.4, -0.2) is 98.4 Å². The Morgan fingerprint density at radius 1 is 1.00 bits per heavy atom. The van der Waals surface area contributed by atoms with Crippen LogP contribution in [0, 0.1) is 5.92 Å². The molecule has 1 unspecified atom stereocenters.